The number of nitrogens with one attached hydrogen (secondary N) is 1. The van der Waals surface area contributed by atoms with Crippen LogP contribution in [0.2, 0.25) is 0 Å². The van der Waals surface area contributed by atoms with E-state index in [1.807, 2.05) is 43.7 Å². The van der Waals surface area contributed by atoms with E-state index < -0.39 is 11.7 Å². The fourth-order valence-corrected chi connectivity index (χ4v) is 2.45. The summed E-state index contributed by atoms with van der Waals surface area (Å²) in [5.41, 5.74) is 0.658. The molecule has 0 aromatic carbocycles. The zero-order valence-electron chi connectivity index (χ0n) is 10.1. The van der Waals surface area contributed by atoms with Crippen LogP contribution in [-0.2, 0) is 4.74 Å². The molecule has 0 unspecified atom stereocenters. The van der Waals surface area contributed by atoms with Crippen molar-refractivity contribution in [3.8, 4) is 0 Å². The highest BCUT2D eigenvalue weighted by Crippen LogP contribution is 2.22. The Labute approximate surface area is 114 Å². The molecule has 0 atom stereocenters. The number of halogens is 1. The van der Waals surface area contributed by atoms with Crippen LogP contribution in [0.1, 0.15) is 26.3 Å². The van der Waals surface area contributed by atoms with Gasteiger partial charge in [-0.05, 0) is 47.6 Å². The van der Waals surface area contributed by atoms with Gasteiger partial charge in [0.1, 0.15) is 5.60 Å². The standard InChI is InChI=1S/C12H16BrNO2S/c1-12(2,3)16-11(15)14-6-4-5-9-7-17-8-10(9)13/h4-5,7-8H,6H2,1-3H3,(H,14,15). The van der Waals surface area contributed by atoms with Crippen LogP contribution in [0.4, 0.5) is 4.79 Å². The van der Waals surface area contributed by atoms with Crippen molar-refractivity contribution in [2.45, 2.75) is 26.4 Å². The first kappa shape index (κ1) is 14.3. The number of rotatable bonds is 3. The van der Waals surface area contributed by atoms with Crippen LogP contribution in [0, 0.1) is 0 Å². The molecule has 1 N–H and O–H groups in total. The molecule has 0 spiro atoms. The van der Waals surface area contributed by atoms with Crippen LogP contribution in [0.25, 0.3) is 6.08 Å². The van der Waals surface area contributed by atoms with Gasteiger partial charge >= 0.3 is 6.09 Å². The first-order chi connectivity index (χ1) is 7.88. The number of ether oxygens (including phenoxy) is 1. The van der Waals surface area contributed by atoms with E-state index in [4.69, 9.17) is 4.74 Å². The summed E-state index contributed by atoms with van der Waals surface area (Å²) in [4.78, 5) is 11.3. The Bertz CT molecular complexity index is 407. The van der Waals surface area contributed by atoms with Crippen molar-refractivity contribution in [2.75, 3.05) is 6.54 Å². The Hall–Kier alpha value is -0.810. The molecule has 5 heteroatoms. The molecule has 1 rings (SSSR count). The average molecular weight is 318 g/mol. The molecule has 94 valence electrons. The number of carbonyl (C=O) groups excluding carboxylic acids is 1. The van der Waals surface area contributed by atoms with Gasteiger partial charge in [0, 0.05) is 16.4 Å². The zero-order chi connectivity index (χ0) is 12.9. The van der Waals surface area contributed by atoms with Gasteiger partial charge in [-0.25, -0.2) is 4.79 Å². The predicted octanol–water partition coefficient (Wildman–Crippen LogP) is 4.05. The molecular formula is C12H16BrNO2S. The van der Waals surface area contributed by atoms with E-state index in [1.165, 1.54) is 0 Å². The molecular weight excluding hydrogens is 302 g/mol. The number of thiophene rings is 1. The molecule has 0 aliphatic heterocycles. The van der Waals surface area contributed by atoms with Crippen LogP contribution >= 0.6 is 27.3 Å². The summed E-state index contributed by atoms with van der Waals surface area (Å²) in [5.74, 6) is 0. The quantitative estimate of drug-likeness (QED) is 0.913. The minimum atomic E-state index is -0.454. The van der Waals surface area contributed by atoms with Crippen LogP contribution < -0.4 is 5.32 Å². The molecule has 1 heterocycles. The highest BCUT2D eigenvalue weighted by Gasteiger charge is 2.14. The fraction of sp³-hybridized carbons (Fsp3) is 0.417. The van der Waals surface area contributed by atoms with E-state index in [-0.39, 0.29) is 0 Å². The SMILES string of the molecule is CC(C)(C)OC(=O)NCC=Cc1cscc1Br. The van der Waals surface area contributed by atoms with Crippen molar-refractivity contribution in [3.63, 3.8) is 0 Å². The molecule has 0 fully saturated rings. The summed E-state index contributed by atoms with van der Waals surface area (Å²) in [6.07, 6.45) is 3.45. The lowest BCUT2D eigenvalue weighted by molar-refractivity contribution is 0.0534. The van der Waals surface area contributed by atoms with Crippen molar-refractivity contribution in [1.29, 1.82) is 0 Å². The van der Waals surface area contributed by atoms with Crippen molar-refractivity contribution in [2.24, 2.45) is 0 Å². The van der Waals surface area contributed by atoms with Crippen LogP contribution in [-0.4, -0.2) is 18.2 Å². The summed E-state index contributed by atoms with van der Waals surface area (Å²) in [7, 11) is 0. The van der Waals surface area contributed by atoms with Gasteiger partial charge in [0.2, 0.25) is 0 Å². The van der Waals surface area contributed by atoms with Gasteiger partial charge in [-0.3, -0.25) is 0 Å². The molecule has 0 aliphatic carbocycles. The maximum Gasteiger partial charge on any atom is 0.407 e. The number of hydrogen-bond donors (Lipinski definition) is 1. The third kappa shape index (κ3) is 5.89. The lowest BCUT2D eigenvalue weighted by atomic mass is 10.2. The molecule has 1 amide bonds. The van der Waals surface area contributed by atoms with Crippen molar-refractivity contribution >= 4 is 39.4 Å². The Balaban J connectivity index is 2.31. The number of alkyl carbamates (subject to hydrolysis) is 1. The maximum absolute atomic E-state index is 11.3. The summed E-state index contributed by atoms with van der Waals surface area (Å²) in [5, 5.41) is 6.71. The Kier molecular flexibility index (Phi) is 5.21. The molecule has 1 aromatic heterocycles. The first-order valence-electron chi connectivity index (χ1n) is 5.23. The average Bonchev–Trinajstić information content (AvgIpc) is 2.56. The molecule has 17 heavy (non-hydrogen) atoms. The van der Waals surface area contributed by atoms with Gasteiger partial charge in [0.15, 0.2) is 0 Å². The topological polar surface area (TPSA) is 38.3 Å². The minimum Gasteiger partial charge on any atom is -0.444 e. The maximum atomic E-state index is 11.3. The van der Waals surface area contributed by atoms with Crippen molar-refractivity contribution in [1.82, 2.24) is 5.32 Å². The third-order valence-corrected chi connectivity index (χ3v) is 3.45. The highest BCUT2D eigenvalue weighted by atomic mass is 79.9. The molecule has 0 saturated carbocycles. The lowest BCUT2D eigenvalue weighted by Gasteiger charge is -2.19. The van der Waals surface area contributed by atoms with Gasteiger partial charge < -0.3 is 10.1 Å². The second-order valence-corrected chi connectivity index (χ2v) is 6.06. The summed E-state index contributed by atoms with van der Waals surface area (Å²) >= 11 is 5.06. The molecule has 1 aromatic rings. The molecule has 0 aliphatic rings. The van der Waals surface area contributed by atoms with Crippen molar-refractivity contribution < 1.29 is 9.53 Å². The summed E-state index contributed by atoms with van der Waals surface area (Å²) in [6.45, 7) is 5.97. The molecule has 0 bridgehead atoms. The minimum absolute atomic E-state index is 0.397. The first-order valence-corrected chi connectivity index (χ1v) is 6.97. The van der Waals surface area contributed by atoms with Gasteiger partial charge in [-0.15, -0.1) is 0 Å². The number of hydrogen-bond acceptors (Lipinski definition) is 3. The van der Waals surface area contributed by atoms with E-state index in [0.29, 0.717) is 6.54 Å². The Morgan fingerprint density at radius 3 is 2.76 bits per heavy atom. The van der Waals surface area contributed by atoms with E-state index in [0.717, 1.165) is 10.0 Å². The molecule has 0 radical (unpaired) electrons. The van der Waals surface area contributed by atoms with E-state index in [1.54, 1.807) is 11.3 Å². The third-order valence-electron chi connectivity index (χ3n) is 1.70. The second kappa shape index (κ2) is 6.21. The van der Waals surface area contributed by atoms with Gasteiger partial charge in [-0.2, -0.15) is 11.3 Å². The van der Waals surface area contributed by atoms with Crippen LogP contribution in [0.3, 0.4) is 0 Å². The van der Waals surface area contributed by atoms with E-state index in [9.17, 15) is 4.79 Å². The van der Waals surface area contributed by atoms with E-state index in [2.05, 4.69) is 21.2 Å². The fourth-order valence-electron chi connectivity index (χ4n) is 1.05. The number of carbonyl (C=O) groups is 1. The normalized spacial score (nSPS) is 11.8. The monoisotopic (exact) mass is 317 g/mol. The largest absolute Gasteiger partial charge is 0.444 e. The van der Waals surface area contributed by atoms with Crippen LogP contribution in [0.5, 0.6) is 0 Å². The number of amides is 1. The van der Waals surface area contributed by atoms with Gasteiger partial charge in [0.05, 0.1) is 0 Å². The highest BCUT2D eigenvalue weighted by molar-refractivity contribution is 9.10. The summed E-state index contributed by atoms with van der Waals surface area (Å²) in [6, 6.07) is 0. The molecule has 3 nitrogen and oxygen atoms in total. The second-order valence-electron chi connectivity index (χ2n) is 4.46. The Morgan fingerprint density at radius 2 is 2.24 bits per heavy atom. The molecule has 0 saturated heterocycles. The van der Waals surface area contributed by atoms with Crippen LogP contribution in [0.15, 0.2) is 21.3 Å². The predicted molar refractivity (Wildman–Crippen MR) is 75.3 cm³/mol. The van der Waals surface area contributed by atoms with Gasteiger partial charge in [0.25, 0.3) is 0 Å². The lowest BCUT2D eigenvalue weighted by Crippen LogP contribution is -2.32. The van der Waals surface area contributed by atoms with Crippen molar-refractivity contribution in [3.05, 3.63) is 26.9 Å². The summed E-state index contributed by atoms with van der Waals surface area (Å²) < 4.78 is 6.17. The Morgan fingerprint density at radius 1 is 1.53 bits per heavy atom. The smallest absolute Gasteiger partial charge is 0.407 e. The van der Waals surface area contributed by atoms with E-state index >= 15 is 0 Å². The zero-order valence-corrected chi connectivity index (χ0v) is 12.5. The van der Waals surface area contributed by atoms with Gasteiger partial charge in [-0.1, -0.05) is 12.2 Å².